The van der Waals surface area contributed by atoms with Crippen molar-refractivity contribution >= 4 is 17.6 Å². The van der Waals surface area contributed by atoms with Gasteiger partial charge in [-0.15, -0.1) is 5.10 Å². The van der Waals surface area contributed by atoms with Crippen LogP contribution >= 0.6 is 0 Å². The molecule has 0 saturated carbocycles. The summed E-state index contributed by atoms with van der Waals surface area (Å²) < 4.78 is 1.35. The molecule has 0 unspecified atom stereocenters. The third-order valence-electron chi connectivity index (χ3n) is 3.27. The maximum atomic E-state index is 12.1. The van der Waals surface area contributed by atoms with E-state index in [4.69, 9.17) is 0 Å². The fourth-order valence-electron chi connectivity index (χ4n) is 2.19. The number of carbonyl (C=O) groups excluding carboxylic acids is 1. The maximum Gasteiger partial charge on any atom is 0.358 e. The van der Waals surface area contributed by atoms with Gasteiger partial charge in [0.1, 0.15) is 6.54 Å². The van der Waals surface area contributed by atoms with E-state index in [0.717, 1.165) is 5.56 Å². The van der Waals surface area contributed by atoms with Gasteiger partial charge < -0.3 is 10.4 Å². The Hall–Kier alpha value is -2.70. The van der Waals surface area contributed by atoms with Crippen molar-refractivity contribution in [3.8, 4) is 0 Å². The number of amides is 1. The molecule has 2 N–H and O–H groups in total. The second-order valence-electron chi connectivity index (χ2n) is 5.86. The van der Waals surface area contributed by atoms with E-state index in [-0.39, 0.29) is 24.1 Å². The number of carboxylic acids is 1. The Kier molecular flexibility index (Phi) is 5.10. The summed E-state index contributed by atoms with van der Waals surface area (Å²) in [7, 11) is 0. The van der Waals surface area contributed by atoms with Gasteiger partial charge >= 0.3 is 5.97 Å². The summed E-state index contributed by atoms with van der Waals surface area (Å²) >= 11 is 0. The molecule has 0 aliphatic rings. The zero-order chi connectivity index (χ0) is 17.0. The summed E-state index contributed by atoms with van der Waals surface area (Å²) in [5.41, 5.74) is 2.16. The van der Waals surface area contributed by atoms with Crippen molar-refractivity contribution in [2.24, 2.45) is 5.92 Å². The van der Waals surface area contributed by atoms with Gasteiger partial charge in [0.2, 0.25) is 5.91 Å². The van der Waals surface area contributed by atoms with E-state index in [9.17, 15) is 14.7 Å². The van der Waals surface area contributed by atoms with E-state index in [2.05, 4.69) is 15.6 Å². The molecule has 1 amide bonds. The summed E-state index contributed by atoms with van der Waals surface area (Å²) in [5, 5.41) is 19.4. The van der Waals surface area contributed by atoms with Crippen LogP contribution in [0.25, 0.3) is 0 Å². The predicted molar refractivity (Wildman–Crippen MR) is 85.3 cm³/mol. The van der Waals surface area contributed by atoms with Crippen LogP contribution < -0.4 is 5.32 Å². The third-order valence-corrected chi connectivity index (χ3v) is 3.27. The molecule has 23 heavy (non-hydrogen) atoms. The topological polar surface area (TPSA) is 97.1 Å². The number of hydrogen-bond acceptors (Lipinski definition) is 4. The zero-order valence-corrected chi connectivity index (χ0v) is 13.4. The van der Waals surface area contributed by atoms with E-state index in [1.807, 2.05) is 45.0 Å². The molecule has 1 aromatic carbocycles. The van der Waals surface area contributed by atoms with E-state index >= 15 is 0 Å². The Bertz CT molecular complexity index is 705. The van der Waals surface area contributed by atoms with Gasteiger partial charge in [-0.3, -0.25) is 4.79 Å². The summed E-state index contributed by atoms with van der Waals surface area (Å²) in [4.78, 5) is 23.3. The lowest BCUT2D eigenvalue weighted by Gasteiger charge is -2.10. The van der Waals surface area contributed by atoms with Crippen LogP contribution in [0.3, 0.4) is 0 Å². The highest BCUT2D eigenvalue weighted by molar-refractivity contribution is 5.91. The molecule has 1 heterocycles. The lowest BCUT2D eigenvalue weighted by Crippen LogP contribution is -2.22. The number of nitrogens with one attached hydrogen (secondary N) is 1. The van der Waals surface area contributed by atoms with Gasteiger partial charge in [-0.05, 0) is 31.4 Å². The smallest absolute Gasteiger partial charge is 0.358 e. The molecule has 7 nitrogen and oxygen atoms in total. The van der Waals surface area contributed by atoms with E-state index in [1.54, 1.807) is 0 Å². The van der Waals surface area contributed by atoms with Crippen molar-refractivity contribution in [1.82, 2.24) is 15.0 Å². The Labute approximate surface area is 134 Å². The van der Waals surface area contributed by atoms with E-state index < -0.39 is 5.97 Å². The number of aryl methyl sites for hydroxylation is 1. The highest BCUT2D eigenvalue weighted by Gasteiger charge is 2.21. The molecule has 2 aromatic rings. The average molecular weight is 316 g/mol. The fourth-order valence-corrected chi connectivity index (χ4v) is 2.19. The quantitative estimate of drug-likeness (QED) is 0.851. The SMILES string of the molecule is Cc1ccc(NC(=O)Cn2nnc(C(=O)O)c2CC(C)C)cc1. The van der Waals surface area contributed by atoms with Crippen molar-refractivity contribution in [1.29, 1.82) is 0 Å². The molecule has 0 atom stereocenters. The first-order valence-electron chi connectivity index (χ1n) is 7.39. The monoisotopic (exact) mass is 316 g/mol. The fraction of sp³-hybridized carbons (Fsp3) is 0.375. The van der Waals surface area contributed by atoms with Crippen LogP contribution in [0.15, 0.2) is 24.3 Å². The van der Waals surface area contributed by atoms with E-state index in [0.29, 0.717) is 17.8 Å². The highest BCUT2D eigenvalue weighted by atomic mass is 16.4. The third kappa shape index (κ3) is 4.38. The number of rotatable bonds is 6. The Morgan fingerprint density at radius 2 is 1.91 bits per heavy atom. The van der Waals surface area contributed by atoms with Gasteiger partial charge in [0.25, 0.3) is 0 Å². The molecule has 2 rings (SSSR count). The first-order chi connectivity index (χ1) is 10.9. The minimum Gasteiger partial charge on any atom is -0.476 e. The standard InChI is InChI=1S/C16H20N4O3/c1-10(2)8-13-15(16(22)23)18-19-20(13)9-14(21)17-12-6-4-11(3)5-7-12/h4-7,10H,8-9H2,1-3H3,(H,17,21)(H,22,23). The first-order valence-corrected chi connectivity index (χ1v) is 7.39. The normalized spacial score (nSPS) is 10.8. The number of carbonyl (C=O) groups is 2. The van der Waals surface area contributed by atoms with Crippen molar-refractivity contribution in [3.05, 3.63) is 41.2 Å². The van der Waals surface area contributed by atoms with Gasteiger partial charge in [0, 0.05) is 5.69 Å². The summed E-state index contributed by atoms with van der Waals surface area (Å²) in [6.07, 6.45) is 0.493. The van der Waals surface area contributed by atoms with Crippen molar-refractivity contribution < 1.29 is 14.7 Å². The Morgan fingerprint density at radius 3 is 2.48 bits per heavy atom. The minimum atomic E-state index is -1.13. The highest BCUT2D eigenvalue weighted by Crippen LogP contribution is 2.13. The van der Waals surface area contributed by atoms with E-state index in [1.165, 1.54) is 4.68 Å². The molecule has 0 saturated heterocycles. The Balaban J connectivity index is 2.13. The molecule has 0 radical (unpaired) electrons. The molecular weight excluding hydrogens is 296 g/mol. The molecule has 0 aliphatic carbocycles. The van der Waals surface area contributed by atoms with Crippen LogP contribution in [0.5, 0.6) is 0 Å². The number of aromatic nitrogens is 3. The molecular formula is C16H20N4O3. The number of nitrogens with zero attached hydrogens (tertiary/aromatic N) is 3. The molecule has 0 aliphatic heterocycles. The summed E-state index contributed by atoms with van der Waals surface area (Å²) in [6.45, 7) is 5.83. The minimum absolute atomic E-state index is 0.0732. The molecule has 1 aromatic heterocycles. The number of anilines is 1. The number of hydrogen-bond donors (Lipinski definition) is 2. The van der Waals surface area contributed by atoms with Crippen molar-refractivity contribution in [2.75, 3.05) is 5.32 Å². The number of carboxylic acid groups (broad SMARTS) is 1. The van der Waals surface area contributed by atoms with Crippen LogP contribution in [-0.4, -0.2) is 32.0 Å². The molecule has 7 heteroatoms. The van der Waals surface area contributed by atoms with Crippen molar-refractivity contribution in [2.45, 2.75) is 33.7 Å². The molecule has 122 valence electrons. The first kappa shape index (κ1) is 16.7. The largest absolute Gasteiger partial charge is 0.476 e. The van der Waals surface area contributed by atoms with Gasteiger partial charge in [-0.1, -0.05) is 36.8 Å². The second-order valence-corrected chi connectivity index (χ2v) is 5.86. The summed E-state index contributed by atoms with van der Waals surface area (Å²) in [5.74, 6) is -1.18. The zero-order valence-electron chi connectivity index (χ0n) is 13.4. The summed E-state index contributed by atoms with van der Waals surface area (Å²) in [6, 6.07) is 7.42. The van der Waals surface area contributed by atoms with Gasteiger partial charge in [-0.25, -0.2) is 9.48 Å². The molecule has 0 bridgehead atoms. The Morgan fingerprint density at radius 1 is 1.26 bits per heavy atom. The van der Waals surface area contributed by atoms with Gasteiger partial charge in [-0.2, -0.15) is 0 Å². The van der Waals surface area contributed by atoms with Crippen molar-refractivity contribution in [3.63, 3.8) is 0 Å². The molecule has 0 spiro atoms. The van der Waals surface area contributed by atoms with Crippen LogP contribution in [0.4, 0.5) is 5.69 Å². The van der Waals surface area contributed by atoms with Crippen LogP contribution in [0.1, 0.15) is 35.6 Å². The lowest BCUT2D eigenvalue weighted by molar-refractivity contribution is -0.117. The number of benzene rings is 1. The number of aromatic carboxylic acids is 1. The van der Waals surface area contributed by atoms with Gasteiger partial charge in [0.15, 0.2) is 5.69 Å². The van der Waals surface area contributed by atoms with Crippen LogP contribution in [0.2, 0.25) is 0 Å². The molecule has 0 fully saturated rings. The van der Waals surface area contributed by atoms with Crippen LogP contribution in [-0.2, 0) is 17.8 Å². The predicted octanol–water partition coefficient (Wildman–Crippen LogP) is 2.12. The second kappa shape index (κ2) is 7.04. The van der Waals surface area contributed by atoms with Crippen LogP contribution in [0, 0.1) is 12.8 Å². The maximum absolute atomic E-state index is 12.1. The lowest BCUT2D eigenvalue weighted by atomic mass is 10.1. The average Bonchev–Trinajstić information content (AvgIpc) is 2.83. The van der Waals surface area contributed by atoms with Gasteiger partial charge in [0.05, 0.1) is 5.69 Å².